The van der Waals surface area contributed by atoms with Gasteiger partial charge in [-0.05, 0) is 31.0 Å². The fourth-order valence-electron chi connectivity index (χ4n) is 1.70. The van der Waals surface area contributed by atoms with Gasteiger partial charge in [-0.15, -0.1) is 0 Å². The van der Waals surface area contributed by atoms with E-state index >= 15 is 0 Å². The van der Waals surface area contributed by atoms with E-state index in [-0.39, 0.29) is 6.04 Å². The molecule has 0 aliphatic carbocycles. The molecule has 0 fully saturated rings. The Kier molecular flexibility index (Phi) is 4.32. The lowest BCUT2D eigenvalue weighted by Gasteiger charge is -2.12. The topological polar surface area (TPSA) is 43.8 Å². The average Bonchev–Trinajstić information content (AvgIpc) is 2.69. The molecule has 0 radical (unpaired) electrons. The second kappa shape index (κ2) is 5.78. The number of hydrogen-bond acceptors (Lipinski definition) is 3. The van der Waals surface area contributed by atoms with Crippen LogP contribution in [-0.4, -0.2) is 15.6 Å². The number of benzene rings is 1. The summed E-state index contributed by atoms with van der Waals surface area (Å²) in [5, 5.41) is 1.72. The van der Waals surface area contributed by atoms with Gasteiger partial charge >= 0.3 is 0 Å². The van der Waals surface area contributed by atoms with Crippen LogP contribution < -0.4 is 5.73 Å². The fraction of sp³-hybridized carbons (Fsp3) is 0.308. The Morgan fingerprint density at radius 1 is 1.50 bits per heavy atom. The molecular weight excluding hydrogens is 266 g/mol. The van der Waals surface area contributed by atoms with Crippen LogP contribution >= 0.6 is 23.4 Å². The summed E-state index contributed by atoms with van der Waals surface area (Å²) in [6, 6.07) is 6.01. The first-order chi connectivity index (χ1) is 8.58. The number of hydrogen-bond donors (Lipinski definition) is 1. The van der Waals surface area contributed by atoms with Crippen molar-refractivity contribution in [2.45, 2.75) is 29.4 Å². The molecule has 0 bridgehead atoms. The van der Waals surface area contributed by atoms with Crippen molar-refractivity contribution in [1.82, 2.24) is 9.55 Å². The van der Waals surface area contributed by atoms with Gasteiger partial charge in [0.15, 0.2) is 5.16 Å². The van der Waals surface area contributed by atoms with Crippen molar-refractivity contribution in [1.29, 1.82) is 0 Å². The van der Waals surface area contributed by atoms with Gasteiger partial charge in [0.05, 0.1) is 0 Å². The van der Waals surface area contributed by atoms with Crippen LogP contribution in [-0.2, 0) is 13.5 Å². The number of nitrogens with two attached hydrogens (primary N) is 1. The van der Waals surface area contributed by atoms with E-state index in [1.807, 2.05) is 36.9 Å². The Morgan fingerprint density at radius 3 is 2.89 bits per heavy atom. The van der Waals surface area contributed by atoms with Crippen molar-refractivity contribution in [2.24, 2.45) is 12.8 Å². The lowest BCUT2D eigenvalue weighted by atomic mass is 10.1. The highest BCUT2D eigenvalue weighted by Crippen LogP contribution is 2.33. The third kappa shape index (κ3) is 3.07. The van der Waals surface area contributed by atoms with E-state index in [1.165, 1.54) is 0 Å². The van der Waals surface area contributed by atoms with E-state index in [0.717, 1.165) is 27.1 Å². The number of rotatable bonds is 4. The van der Waals surface area contributed by atoms with Crippen LogP contribution in [0.3, 0.4) is 0 Å². The van der Waals surface area contributed by atoms with Gasteiger partial charge in [-0.25, -0.2) is 4.98 Å². The summed E-state index contributed by atoms with van der Waals surface area (Å²) >= 11 is 7.87. The van der Waals surface area contributed by atoms with Crippen LogP contribution in [0.15, 0.2) is 40.6 Å². The van der Waals surface area contributed by atoms with Crippen LogP contribution in [0.4, 0.5) is 0 Å². The molecule has 1 atom stereocenters. The summed E-state index contributed by atoms with van der Waals surface area (Å²) in [6.45, 7) is 1.98. The van der Waals surface area contributed by atoms with E-state index < -0.39 is 0 Å². The van der Waals surface area contributed by atoms with E-state index in [1.54, 1.807) is 18.0 Å². The third-order valence-corrected chi connectivity index (χ3v) is 4.11. The van der Waals surface area contributed by atoms with Crippen LogP contribution in [0.2, 0.25) is 5.02 Å². The summed E-state index contributed by atoms with van der Waals surface area (Å²) in [5.41, 5.74) is 6.98. The van der Waals surface area contributed by atoms with Crippen molar-refractivity contribution in [2.75, 3.05) is 0 Å². The smallest absolute Gasteiger partial charge is 0.172 e. The van der Waals surface area contributed by atoms with Gasteiger partial charge < -0.3 is 10.3 Å². The minimum atomic E-state index is 0.0885. The molecule has 0 aliphatic rings. The molecule has 1 aromatic heterocycles. The predicted octanol–water partition coefficient (Wildman–Crippen LogP) is 3.11. The van der Waals surface area contributed by atoms with Gasteiger partial charge in [0.2, 0.25) is 0 Å². The molecule has 0 spiro atoms. The van der Waals surface area contributed by atoms with Crippen molar-refractivity contribution in [3.8, 4) is 0 Å². The fourth-order valence-corrected chi connectivity index (χ4v) is 2.99. The molecule has 18 heavy (non-hydrogen) atoms. The van der Waals surface area contributed by atoms with E-state index in [4.69, 9.17) is 17.3 Å². The standard InChI is InChI=1S/C13H16ClN3S/c1-9(15)8-10-11(14)4-3-5-12(10)18-13-16-6-7-17(13)2/h3-7,9H,8,15H2,1-2H3. The highest BCUT2D eigenvalue weighted by molar-refractivity contribution is 7.99. The molecule has 5 heteroatoms. The lowest BCUT2D eigenvalue weighted by Crippen LogP contribution is -2.18. The van der Waals surface area contributed by atoms with Gasteiger partial charge in [0.25, 0.3) is 0 Å². The number of aryl methyl sites for hydroxylation is 1. The van der Waals surface area contributed by atoms with E-state index in [0.29, 0.717) is 0 Å². The molecule has 1 heterocycles. The first-order valence-corrected chi connectivity index (χ1v) is 6.95. The highest BCUT2D eigenvalue weighted by Gasteiger charge is 2.12. The summed E-state index contributed by atoms with van der Waals surface area (Å²) < 4.78 is 1.99. The quantitative estimate of drug-likeness (QED) is 0.936. The van der Waals surface area contributed by atoms with Crippen molar-refractivity contribution in [3.63, 3.8) is 0 Å². The van der Waals surface area contributed by atoms with Crippen LogP contribution in [0.5, 0.6) is 0 Å². The third-order valence-electron chi connectivity index (χ3n) is 2.58. The lowest BCUT2D eigenvalue weighted by molar-refractivity contribution is 0.728. The zero-order valence-corrected chi connectivity index (χ0v) is 12.0. The highest BCUT2D eigenvalue weighted by atomic mass is 35.5. The van der Waals surface area contributed by atoms with E-state index in [9.17, 15) is 0 Å². The molecule has 1 unspecified atom stereocenters. The van der Waals surface area contributed by atoms with Gasteiger partial charge in [-0.1, -0.05) is 29.4 Å². The number of nitrogens with zero attached hydrogens (tertiary/aromatic N) is 2. The zero-order valence-electron chi connectivity index (χ0n) is 10.4. The van der Waals surface area contributed by atoms with Gasteiger partial charge in [-0.3, -0.25) is 0 Å². The Bertz CT molecular complexity index is 537. The molecule has 2 N–H and O–H groups in total. The second-order valence-electron chi connectivity index (χ2n) is 4.32. The Hall–Kier alpha value is -0.970. The maximum absolute atomic E-state index is 6.26. The summed E-state index contributed by atoms with van der Waals surface area (Å²) in [7, 11) is 1.98. The molecule has 2 rings (SSSR count). The summed E-state index contributed by atoms with van der Waals surface area (Å²) in [6.07, 6.45) is 4.49. The first-order valence-electron chi connectivity index (χ1n) is 5.76. The van der Waals surface area contributed by atoms with E-state index in [2.05, 4.69) is 11.1 Å². The minimum absolute atomic E-state index is 0.0885. The Balaban J connectivity index is 2.32. The summed E-state index contributed by atoms with van der Waals surface area (Å²) in [4.78, 5) is 5.43. The number of aromatic nitrogens is 2. The molecule has 0 saturated heterocycles. The Morgan fingerprint density at radius 2 is 2.28 bits per heavy atom. The molecule has 0 saturated carbocycles. The SMILES string of the molecule is CC(N)Cc1c(Cl)cccc1Sc1nccn1C. The molecule has 96 valence electrons. The molecular formula is C13H16ClN3S. The summed E-state index contributed by atoms with van der Waals surface area (Å²) in [5.74, 6) is 0. The van der Waals surface area contributed by atoms with Gasteiger partial charge in [0.1, 0.15) is 0 Å². The second-order valence-corrected chi connectivity index (χ2v) is 5.74. The monoisotopic (exact) mass is 281 g/mol. The minimum Gasteiger partial charge on any atom is -0.329 e. The Labute approximate surface area is 116 Å². The maximum atomic E-state index is 6.26. The van der Waals surface area contributed by atoms with Crippen LogP contribution in [0.1, 0.15) is 12.5 Å². The number of halogens is 1. The van der Waals surface area contributed by atoms with Gasteiger partial charge in [-0.2, -0.15) is 0 Å². The average molecular weight is 282 g/mol. The molecule has 2 aromatic rings. The molecule has 3 nitrogen and oxygen atoms in total. The van der Waals surface area contributed by atoms with Gasteiger partial charge in [0, 0.05) is 35.4 Å². The molecule has 0 aliphatic heterocycles. The van der Waals surface area contributed by atoms with Crippen LogP contribution in [0, 0.1) is 0 Å². The predicted molar refractivity (Wildman–Crippen MR) is 76.1 cm³/mol. The molecule has 0 amide bonds. The first kappa shape index (κ1) is 13.5. The van der Waals surface area contributed by atoms with Crippen molar-refractivity contribution >= 4 is 23.4 Å². The normalized spacial score (nSPS) is 12.7. The maximum Gasteiger partial charge on any atom is 0.172 e. The molecule has 1 aromatic carbocycles. The number of imidazole rings is 1. The van der Waals surface area contributed by atoms with Crippen LogP contribution in [0.25, 0.3) is 0 Å². The van der Waals surface area contributed by atoms with Crippen molar-refractivity contribution in [3.05, 3.63) is 41.2 Å². The van der Waals surface area contributed by atoms with Crippen molar-refractivity contribution < 1.29 is 0 Å². The zero-order chi connectivity index (χ0) is 13.1. The largest absolute Gasteiger partial charge is 0.329 e.